The second kappa shape index (κ2) is 8.75. The smallest absolute Gasteiger partial charge is 0.407 e. The van der Waals surface area contributed by atoms with Gasteiger partial charge in [-0.1, -0.05) is 0 Å². The van der Waals surface area contributed by atoms with Crippen LogP contribution < -0.4 is 10.1 Å². The molecule has 26 heavy (non-hydrogen) atoms. The molecule has 1 fully saturated rings. The number of amides is 1. The fraction of sp³-hybridized carbons (Fsp3) is 0.632. The fourth-order valence-electron chi connectivity index (χ4n) is 2.91. The SMILES string of the molecule is CC(C)(C)OC(=O)NCC1CCC(COc2c#cc([N+](=O)[O-])cc2)CC1. The van der Waals surface area contributed by atoms with E-state index < -0.39 is 10.5 Å². The van der Waals surface area contributed by atoms with Crippen LogP contribution in [0.25, 0.3) is 0 Å². The number of rotatable bonds is 6. The average Bonchev–Trinajstić information content (AvgIpc) is 2.58. The number of carbonyl (C=O) groups excluding carboxylic acids is 1. The normalized spacial score (nSPS) is 20.0. The Morgan fingerprint density at radius 3 is 2.42 bits per heavy atom. The van der Waals surface area contributed by atoms with Gasteiger partial charge < -0.3 is 14.8 Å². The second-order valence-corrected chi connectivity index (χ2v) is 7.67. The van der Waals surface area contributed by atoms with Crippen LogP contribution in [0.1, 0.15) is 46.5 Å². The lowest BCUT2D eigenvalue weighted by molar-refractivity contribution is -0.384. The molecule has 7 heteroatoms. The van der Waals surface area contributed by atoms with Crippen molar-refractivity contribution in [2.45, 2.75) is 52.1 Å². The van der Waals surface area contributed by atoms with Crippen molar-refractivity contribution < 1.29 is 19.2 Å². The molecular weight excluding hydrogens is 336 g/mol. The predicted octanol–water partition coefficient (Wildman–Crippen LogP) is 3.91. The molecule has 1 aromatic rings. The molecule has 142 valence electrons. The molecule has 0 aromatic heterocycles. The lowest BCUT2D eigenvalue weighted by Gasteiger charge is -2.28. The zero-order valence-electron chi connectivity index (χ0n) is 15.5. The number of hydrogen-bond donors (Lipinski definition) is 1. The quantitative estimate of drug-likeness (QED) is 0.612. The van der Waals surface area contributed by atoms with Crippen LogP contribution in [0.15, 0.2) is 12.1 Å². The first kappa shape index (κ1) is 19.8. The van der Waals surface area contributed by atoms with Crippen LogP contribution in [-0.2, 0) is 4.74 Å². The van der Waals surface area contributed by atoms with Gasteiger partial charge in [-0.2, -0.15) is 0 Å². The van der Waals surface area contributed by atoms with E-state index in [9.17, 15) is 14.9 Å². The number of nitro groups is 1. The third-order valence-corrected chi connectivity index (χ3v) is 4.28. The van der Waals surface area contributed by atoms with Crippen LogP contribution in [0.3, 0.4) is 0 Å². The summed E-state index contributed by atoms with van der Waals surface area (Å²) in [6.45, 7) is 6.73. The first-order valence-corrected chi connectivity index (χ1v) is 8.91. The summed E-state index contributed by atoms with van der Waals surface area (Å²) in [5, 5.41) is 13.4. The molecule has 0 unspecified atom stereocenters. The number of nitrogens with zero attached hydrogens (tertiary/aromatic N) is 1. The van der Waals surface area contributed by atoms with E-state index >= 15 is 0 Å². The van der Waals surface area contributed by atoms with Crippen LogP contribution >= 0.6 is 0 Å². The molecule has 1 aromatic carbocycles. The molecule has 0 radical (unpaired) electrons. The van der Waals surface area contributed by atoms with Crippen molar-refractivity contribution in [3.63, 3.8) is 0 Å². The standard InChI is InChI=1S/C19H26N2O5/c1-19(2,3)26-18(22)20-12-14-4-6-15(7-5-14)13-25-17-10-8-16(9-11-17)21(23)24/h8,10,14-15H,4-7,12-13H2,1-3H3,(H,20,22). The number of alkyl carbamates (subject to hydrolysis) is 1. The summed E-state index contributed by atoms with van der Waals surface area (Å²) in [5.74, 6) is 1.37. The zero-order valence-corrected chi connectivity index (χ0v) is 15.5. The second-order valence-electron chi connectivity index (χ2n) is 7.67. The average molecular weight is 362 g/mol. The Hall–Kier alpha value is -2.49. The van der Waals surface area contributed by atoms with Crippen LogP contribution in [0.4, 0.5) is 10.5 Å². The van der Waals surface area contributed by atoms with Crippen LogP contribution in [0.5, 0.6) is 5.75 Å². The number of nitrogens with one attached hydrogen (secondary N) is 1. The van der Waals surface area contributed by atoms with Crippen molar-refractivity contribution in [1.29, 1.82) is 0 Å². The summed E-state index contributed by atoms with van der Waals surface area (Å²) in [7, 11) is 0. The molecule has 0 aliphatic heterocycles. The predicted molar refractivity (Wildman–Crippen MR) is 95.9 cm³/mol. The molecular formula is C19H26N2O5. The van der Waals surface area contributed by atoms with Crippen molar-refractivity contribution >= 4 is 11.8 Å². The Morgan fingerprint density at radius 1 is 1.23 bits per heavy atom. The van der Waals surface area contributed by atoms with Crippen molar-refractivity contribution in [1.82, 2.24) is 5.32 Å². The number of ether oxygens (including phenoxy) is 2. The van der Waals surface area contributed by atoms with Gasteiger partial charge in [-0.15, -0.1) is 0 Å². The van der Waals surface area contributed by atoms with E-state index in [-0.39, 0.29) is 11.8 Å². The largest absolute Gasteiger partial charge is 0.485 e. The van der Waals surface area contributed by atoms with Gasteiger partial charge in [0.1, 0.15) is 5.60 Å². The summed E-state index contributed by atoms with van der Waals surface area (Å²) < 4.78 is 10.9. The monoisotopic (exact) mass is 362 g/mol. The number of carbonyl (C=O) groups is 1. The van der Waals surface area contributed by atoms with Gasteiger partial charge in [0.15, 0.2) is 5.75 Å². The summed E-state index contributed by atoms with van der Waals surface area (Å²) in [6.07, 6.45) is 3.74. The highest BCUT2D eigenvalue weighted by atomic mass is 16.6. The molecule has 7 nitrogen and oxygen atoms in total. The maximum atomic E-state index is 11.7. The van der Waals surface area contributed by atoms with Crippen LogP contribution in [0.2, 0.25) is 0 Å². The van der Waals surface area contributed by atoms with Crippen LogP contribution in [-0.4, -0.2) is 29.8 Å². The Labute approximate surface area is 154 Å². The van der Waals surface area contributed by atoms with Gasteiger partial charge in [0.2, 0.25) is 0 Å². The molecule has 0 bridgehead atoms. The Bertz CT molecular complexity index is 601. The first-order valence-electron chi connectivity index (χ1n) is 8.91. The van der Waals surface area contributed by atoms with Gasteiger partial charge in [0, 0.05) is 18.7 Å². The van der Waals surface area contributed by atoms with Crippen molar-refractivity contribution in [2.75, 3.05) is 13.2 Å². The minimum Gasteiger partial charge on any atom is -0.485 e. The van der Waals surface area contributed by atoms with Crippen LogP contribution in [0, 0.1) is 34.1 Å². The third kappa shape index (κ3) is 6.79. The van der Waals surface area contributed by atoms with E-state index in [1.165, 1.54) is 6.07 Å². The van der Waals surface area contributed by atoms with E-state index in [1.807, 2.05) is 20.8 Å². The highest BCUT2D eigenvalue weighted by Gasteiger charge is 2.23. The Morgan fingerprint density at radius 2 is 1.88 bits per heavy atom. The first-order chi connectivity index (χ1) is 12.2. The number of hydrogen-bond acceptors (Lipinski definition) is 5. The minimum atomic E-state index is -0.507. The molecule has 1 amide bonds. The Balaban J connectivity index is 1.65. The molecule has 1 saturated carbocycles. The summed E-state index contributed by atoms with van der Waals surface area (Å²) in [6, 6.07) is 8.05. The highest BCUT2D eigenvalue weighted by Crippen LogP contribution is 2.29. The summed E-state index contributed by atoms with van der Waals surface area (Å²) >= 11 is 0. The van der Waals surface area contributed by atoms with E-state index in [1.54, 1.807) is 6.07 Å². The molecule has 1 N–H and O–H groups in total. The highest BCUT2D eigenvalue weighted by molar-refractivity contribution is 5.67. The lowest BCUT2D eigenvalue weighted by Crippen LogP contribution is -2.36. The van der Waals surface area contributed by atoms with Gasteiger partial charge in [-0.25, -0.2) is 4.79 Å². The summed E-state index contributed by atoms with van der Waals surface area (Å²) in [5.41, 5.74) is -0.596. The molecule has 2 rings (SSSR count). The molecule has 0 saturated heterocycles. The van der Waals surface area contributed by atoms with E-state index in [0.29, 0.717) is 30.7 Å². The maximum Gasteiger partial charge on any atom is 0.407 e. The van der Waals surface area contributed by atoms with Crippen molar-refractivity contribution in [3.8, 4) is 5.75 Å². The maximum absolute atomic E-state index is 11.7. The fourth-order valence-corrected chi connectivity index (χ4v) is 2.91. The van der Waals surface area contributed by atoms with Gasteiger partial charge >= 0.3 is 11.8 Å². The van der Waals surface area contributed by atoms with E-state index in [0.717, 1.165) is 25.7 Å². The van der Waals surface area contributed by atoms with E-state index in [4.69, 9.17) is 9.47 Å². The summed E-state index contributed by atoms with van der Waals surface area (Å²) in [4.78, 5) is 21.8. The minimum absolute atomic E-state index is 0.115. The van der Waals surface area contributed by atoms with Gasteiger partial charge in [-0.3, -0.25) is 10.1 Å². The molecule has 1 aliphatic carbocycles. The topological polar surface area (TPSA) is 90.7 Å². The molecule has 0 heterocycles. The van der Waals surface area contributed by atoms with Crippen molar-refractivity contribution in [2.24, 2.45) is 11.8 Å². The zero-order chi connectivity index (χ0) is 19.2. The Kier molecular flexibility index (Phi) is 6.67. The molecule has 0 spiro atoms. The lowest BCUT2D eigenvalue weighted by atomic mass is 9.82. The van der Waals surface area contributed by atoms with Gasteiger partial charge in [0.05, 0.1) is 11.5 Å². The molecule has 0 atom stereocenters. The third-order valence-electron chi connectivity index (χ3n) is 4.28. The van der Waals surface area contributed by atoms with E-state index in [2.05, 4.69) is 17.4 Å². The van der Waals surface area contributed by atoms with Crippen molar-refractivity contribution in [3.05, 3.63) is 34.4 Å². The van der Waals surface area contributed by atoms with Gasteiger partial charge in [0.25, 0.3) is 0 Å². The molecule has 1 aliphatic rings. The van der Waals surface area contributed by atoms with Gasteiger partial charge in [-0.05, 0) is 70.4 Å².